The molecule has 0 saturated carbocycles. The summed E-state index contributed by atoms with van der Waals surface area (Å²) in [4.78, 5) is -0.505. The molecule has 0 aliphatic rings. The summed E-state index contributed by atoms with van der Waals surface area (Å²) in [6.07, 6.45) is -9.99. The maximum absolute atomic E-state index is 14.1. The highest BCUT2D eigenvalue weighted by Crippen LogP contribution is 2.40. The number of aryl methyl sites for hydroxylation is 1. The van der Waals surface area contributed by atoms with Crippen molar-refractivity contribution in [2.45, 2.75) is 24.2 Å². The van der Waals surface area contributed by atoms with Crippen molar-refractivity contribution in [3.63, 3.8) is 0 Å². The largest absolute Gasteiger partial charge is 0.451 e. The molecule has 0 unspecified atom stereocenters. The van der Waals surface area contributed by atoms with Crippen molar-refractivity contribution in [3.05, 3.63) is 107 Å². The smallest absolute Gasteiger partial charge is 0.373 e. The van der Waals surface area contributed by atoms with Crippen LogP contribution in [0.5, 0.6) is 0 Å². The molecule has 0 heterocycles. The molecular weight excluding hydrogens is 470 g/mol. The van der Waals surface area contributed by atoms with Crippen LogP contribution in [0.4, 0.5) is 26.3 Å². The van der Waals surface area contributed by atoms with E-state index in [-0.39, 0.29) is 11.1 Å². The van der Waals surface area contributed by atoms with E-state index in [4.69, 9.17) is 0 Å². The molecule has 33 heavy (non-hydrogen) atoms. The average molecular weight is 486 g/mol. The number of alkyl halides is 6. The normalized spacial score (nSPS) is 13.4. The van der Waals surface area contributed by atoms with Crippen LogP contribution in [0, 0.1) is 6.92 Å². The molecule has 3 aromatic rings. The number of benzene rings is 3. The number of allylic oxidation sites excluding steroid dienone is 1. The number of rotatable bonds is 5. The topological polar surface area (TPSA) is 43.4 Å². The second-order valence-corrected chi connectivity index (χ2v) is 8.54. The van der Waals surface area contributed by atoms with E-state index in [2.05, 4.69) is 4.18 Å². The van der Waals surface area contributed by atoms with Crippen molar-refractivity contribution in [2.75, 3.05) is 0 Å². The van der Waals surface area contributed by atoms with Gasteiger partial charge in [0.2, 0.25) is 5.76 Å². The molecule has 0 fully saturated rings. The van der Waals surface area contributed by atoms with E-state index in [1.807, 2.05) is 0 Å². The van der Waals surface area contributed by atoms with Crippen molar-refractivity contribution < 1.29 is 38.9 Å². The lowest BCUT2D eigenvalue weighted by molar-refractivity contribution is -0.137. The summed E-state index contributed by atoms with van der Waals surface area (Å²) in [6.45, 7) is 1.66. The second-order valence-electron chi connectivity index (χ2n) is 6.99. The van der Waals surface area contributed by atoms with Gasteiger partial charge >= 0.3 is 22.5 Å². The van der Waals surface area contributed by atoms with Crippen LogP contribution in [0.2, 0.25) is 0 Å². The van der Waals surface area contributed by atoms with Gasteiger partial charge in [-0.25, -0.2) is 0 Å². The Hall–Kier alpha value is -3.27. The van der Waals surface area contributed by atoms with Gasteiger partial charge in [-0.1, -0.05) is 60.2 Å². The van der Waals surface area contributed by atoms with Crippen molar-refractivity contribution in [1.82, 2.24) is 0 Å². The SMILES string of the molecule is Cc1ccc(S(=O)(=O)O/C(=C(\c2ccccc2)c2ccc(C(F)(F)F)cc2)C(F)(F)F)cc1. The van der Waals surface area contributed by atoms with Crippen LogP contribution in [0.15, 0.2) is 89.5 Å². The monoisotopic (exact) mass is 486 g/mol. The first-order valence-electron chi connectivity index (χ1n) is 9.35. The summed E-state index contributed by atoms with van der Waals surface area (Å²) in [5.74, 6) is -1.87. The zero-order valence-corrected chi connectivity index (χ0v) is 17.7. The van der Waals surface area contributed by atoms with Gasteiger partial charge in [0, 0.05) is 5.57 Å². The first kappa shape index (κ1) is 24.4. The highest BCUT2D eigenvalue weighted by molar-refractivity contribution is 7.86. The van der Waals surface area contributed by atoms with Crippen molar-refractivity contribution >= 4 is 15.7 Å². The Morgan fingerprint density at radius 3 is 1.73 bits per heavy atom. The van der Waals surface area contributed by atoms with Gasteiger partial charge < -0.3 is 4.18 Å². The molecular formula is C23H16F6O3S. The average Bonchev–Trinajstić information content (AvgIpc) is 2.73. The number of hydrogen-bond donors (Lipinski definition) is 0. The molecule has 0 amide bonds. The lowest BCUT2D eigenvalue weighted by Gasteiger charge is -2.19. The minimum Gasteiger partial charge on any atom is -0.373 e. The molecule has 0 radical (unpaired) electrons. The first-order chi connectivity index (χ1) is 15.3. The van der Waals surface area contributed by atoms with E-state index in [0.717, 1.165) is 24.3 Å². The van der Waals surface area contributed by atoms with Crippen molar-refractivity contribution in [2.24, 2.45) is 0 Å². The molecule has 0 N–H and O–H groups in total. The molecule has 0 aromatic heterocycles. The molecule has 0 atom stereocenters. The summed E-state index contributed by atoms with van der Waals surface area (Å²) in [5.41, 5.74) is -1.51. The Labute approximate surface area is 186 Å². The lowest BCUT2D eigenvalue weighted by atomic mass is 9.95. The molecule has 0 aliphatic carbocycles. The second kappa shape index (κ2) is 8.93. The van der Waals surface area contributed by atoms with Crippen LogP contribution in [0.25, 0.3) is 5.57 Å². The fraction of sp³-hybridized carbons (Fsp3) is 0.130. The molecule has 3 aromatic carbocycles. The number of hydrogen-bond acceptors (Lipinski definition) is 3. The predicted molar refractivity (Wildman–Crippen MR) is 109 cm³/mol. The van der Waals surface area contributed by atoms with Gasteiger partial charge in [0.05, 0.1) is 5.56 Å². The van der Waals surface area contributed by atoms with Gasteiger partial charge in [0.25, 0.3) is 0 Å². The molecule has 3 nitrogen and oxygen atoms in total. The Kier molecular flexibility index (Phi) is 6.60. The van der Waals surface area contributed by atoms with E-state index >= 15 is 0 Å². The fourth-order valence-corrected chi connectivity index (χ4v) is 3.92. The van der Waals surface area contributed by atoms with E-state index in [9.17, 15) is 34.8 Å². The Bertz CT molecular complexity index is 1240. The van der Waals surface area contributed by atoms with Crippen molar-refractivity contribution in [1.29, 1.82) is 0 Å². The molecule has 174 valence electrons. The zero-order chi connectivity index (χ0) is 24.4. The van der Waals surface area contributed by atoms with Gasteiger partial charge in [-0.3, -0.25) is 0 Å². The van der Waals surface area contributed by atoms with Crippen LogP contribution in [-0.4, -0.2) is 14.6 Å². The lowest BCUT2D eigenvalue weighted by Crippen LogP contribution is -2.21. The summed E-state index contributed by atoms with van der Waals surface area (Å²) >= 11 is 0. The Morgan fingerprint density at radius 1 is 0.727 bits per heavy atom. The van der Waals surface area contributed by atoms with Gasteiger partial charge in [0.1, 0.15) is 4.90 Å². The highest BCUT2D eigenvalue weighted by atomic mass is 32.2. The van der Waals surface area contributed by atoms with Crippen LogP contribution >= 0.6 is 0 Å². The maximum Gasteiger partial charge on any atom is 0.451 e. The number of halogens is 6. The molecule has 0 saturated heterocycles. The minimum absolute atomic E-state index is 0.0938. The van der Waals surface area contributed by atoms with Gasteiger partial charge in [-0.15, -0.1) is 0 Å². The summed E-state index contributed by atoms with van der Waals surface area (Å²) in [6, 6.07) is 14.7. The van der Waals surface area contributed by atoms with E-state index in [1.54, 1.807) is 6.92 Å². The third-order valence-electron chi connectivity index (χ3n) is 4.55. The molecule has 10 heteroatoms. The summed E-state index contributed by atoms with van der Waals surface area (Å²) < 4.78 is 111. The predicted octanol–water partition coefficient (Wildman–Crippen LogP) is 6.74. The minimum atomic E-state index is -5.29. The van der Waals surface area contributed by atoms with Gasteiger partial charge in [-0.2, -0.15) is 34.8 Å². The molecule has 3 rings (SSSR count). The van der Waals surface area contributed by atoms with Gasteiger partial charge in [-0.05, 0) is 42.3 Å². The van der Waals surface area contributed by atoms with E-state index in [0.29, 0.717) is 17.7 Å². The third-order valence-corrected chi connectivity index (χ3v) is 5.79. The molecule has 0 spiro atoms. The molecule has 0 aliphatic heterocycles. The zero-order valence-electron chi connectivity index (χ0n) is 16.9. The van der Waals surface area contributed by atoms with Crippen molar-refractivity contribution in [3.8, 4) is 0 Å². The Balaban J connectivity index is 2.24. The third kappa shape index (κ3) is 5.75. The fourth-order valence-electron chi connectivity index (χ4n) is 2.95. The van der Waals surface area contributed by atoms with Crippen LogP contribution in [0.3, 0.4) is 0 Å². The van der Waals surface area contributed by atoms with E-state index in [1.165, 1.54) is 42.5 Å². The highest BCUT2D eigenvalue weighted by Gasteiger charge is 2.43. The molecule has 0 bridgehead atoms. The quantitative estimate of drug-likeness (QED) is 0.228. The van der Waals surface area contributed by atoms with Gasteiger partial charge in [0.15, 0.2) is 0 Å². The maximum atomic E-state index is 14.1. The van der Waals surface area contributed by atoms with E-state index < -0.39 is 44.3 Å². The summed E-state index contributed by atoms with van der Waals surface area (Å²) in [7, 11) is -4.91. The Morgan fingerprint density at radius 2 is 1.24 bits per heavy atom. The summed E-state index contributed by atoms with van der Waals surface area (Å²) in [5, 5.41) is 0. The first-order valence-corrected chi connectivity index (χ1v) is 10.8. The van der Waals surface area contributed by atoms with Crippen LogP contribution in [0.1, 0.15) is 22.3 Å². The standard InChI is InChI=1S/C23H16F6O3S/c1-15-7-13-19(14-8-15)33(30,31)32-21(23(27,28)29)20(16-5-3-2-4-6-16)17-9-11-18(12-10-17)22(24,25)26/h2-14H,1H3/b21-20+. The van der Waals surface area contributed by atoms with Crippen LogP contribution < -0.4 is 0 Å². The van der Waals surface area contributed by atoms with Crippen LogP contribution in [-0.2, 0) is 20.5 Å².